The van der Waals surface area contributed by atoms with Crippen molar-refractivity contribution in [3.8, 4) is 5.75 Å². The lowest BCUT2D eigenvalue weighted by atomic mass is 10.1. The highest BCUT2D eigenvalue weighted by Crippen LogP contribution is 2.27. The standard InChI is InChI=1S/C15H13BrFNO3/c1-9-6-12(7-10(2)14(9)16)21-8-11-4-3-5-13(15(11)17)18(19)20/h3-7H,8H2,1-2H3. The topological polar surface area (TPSA) is 52.4 Å². The van der Waals surface area contributed by atoms with Gasteiger partial charge >= 0.3 is 5.69 Å². The maximum atomic E-state index is 13.9. The number of benzene rings is 2. The molecule has 0 bridgehead atoms. The molecule has 2 rings (SSSR count). The Labute approximate surface area is 129 Å². The van der Waals surface area contributed by atoms with Gasteiger partial charge in [-0.05, 0) is 37.1 Å². The second-order valence-electron chi connectivity index (χ2n) is 4.67. The summed E-state index contributed by atoms with van der Waals surface area (Å²) in [4.78, 5) is 9.95. The van der Waals surface area contributed by atoms with Crippen LogP contribution in [0.2, 0.25) is 0 Å². The minimum absolute atomic E-state index is 0.0615. The molecule has 0 atom stereocenters. The third-order valence-electron chi connectivity index (χ3n) is 3.06. The minimum Gasteiger partial charge on any atom is -0.489 e. The molecule has 0 unspecified atom stereocenters. The van der Waals surface area contributed by atoms with Crippen LogP contribution in [-0.4, -0.2) is 4.92 Å². The number of nitro groups is 1. The lowest BCUT2D eigenvalue weighted by Crippen LogP contribution is -2.02. The lowest BCUT2D eigenvalue weighted by molar-refractivity contribution is -0.387. The minimum atomic E-state index is -0.854. The summed E-state index contributed by atoms with van der Waals surface area (Å²) >= 11 is 3.46. The van der Waals surface area contributed by atoms with Gasteiger partial charge in [0, 0.05) is 16.1 Å². The summed E-state index contributed by atoms with van der Waals surface area (Å²) in [5, 5.41) is 10.7. The summed E-state index contributed by atoms with van der Waals surface area (Å²) < 4.78 is 20.5. The van der Waals surface area contributed by atoms with Gasteiger partial charge in [0.15, 0.2) is 0 Å². The number of rotatable bonds is 4. The SMILES string of the molecule is Cc1cc(OCc2cccc([N+](=O)[O-])c2F)cc(C)c1Br. The summed E-state index contributed by atoms with van der Waals surface area (Å²) in [7, 11) is 0. The molecule has 21 heavy (non-hydrogen) atoms. The van der Waals surface area contributed by atoms with Crippen molar-refractivity contribution in [3.63, 3.8) is 0 Å². The van der Waals surface area contributed by atoms with Gasteiger partial charge in [-0.1, -0.05) is 28.1 Å². The molecule has 6 heteroatoms. The quantitative estimate of drug-likeness (QED) is 0.591. The number of nitro benzene ring substituents is 1. The van der Waals surface area contributed by atoms with Crippen molar-refractivity contribution in [2.75, 3.05) is 0 Å². The fourth-order valence-corrected chi connectivity index (χ4v) is 2.20. The number of ether oxygens (including phenoxy) is 1. The highest BCUT2D eigenvalue weighted by atomic mass is 79.9. The number of hydrogen-bond acceptors (Lipinski definition) is 3. The Morgan fingerprint density at radius 3 is 2.48 bits per heavy atom. The number of hydrogen-bond donors (Lipinski definition) is 0. The Morgan fingerprint density at radius 2 is 1.90 bits per heavy atom. The van der Waals surface area contributed by atoms with Crippen molar-refractivity contribution >= 4 is 21.6 Å². The van der Waals surface area contributed by atoms with E-state index in [1.807, 2.05) is 26.0 Å². The van der Waals surface area contributed by atoms with Gasteiger partial charge in [0.25, 0.3) is 0 Å². The van der Waals surface area contributed by atoms with E-state index < -0.39 is 16.4 Å². The van der Waals surface area contributed by atoms with Crippen LogP contribution in [0, 0.1) is 29.8 Å². The summed E-state index contributed by atoms with van der Waals surface area (Å²) in [6.07, 6.45) is 0. The third kappa shape index (κ3) is 3.39. The van der Waals surface area contributed by atoms with E-state index in [0.29, 0.717) is 5.75 Å². The molecule has 2 aromatic carbocycles. The fourth-order valence-electron chi connectivity index (χ4n) is 1.97. The van der Waals surface area contributed by atoms with E-state index in [1.165, 1.54) is 12.1 Å². The molecule has 110 valence electrons. The van der Waals surface area contributed by atoms with E-state index in [1.54, 1.807) is 0 Å². The van der Waals surface area contributed by atoms with Crippen LogP contribution in [0.1, 0.15) is 16.7 Å². The Hall–Kier alpha value is -1.95. The van der Waals surface area contributed by atoms with Crippen molar-refractivity contribution < 1.29 is 14.1 Å². The van der Waals surface area contributed by atoms with Crippen LogP contribution >= 0.6 is 15.9 Å². The predicted molar refractivity (Wildman–Crippen MR) is 81.0 cm³/mol. The van der Waals surface area contributed by atoms with Crippen molar-refractivity contribution in [2.45, 2.75) is 20.5 Å². The molecule has 0 aromatic heterocycles. The predicted octanol–water partition coefficient (Wildman–Crippen LogP) is 4.69. The molecule has 0 aliphatic heterocycles. The Kier molecular flexibility index (Phi) is 4.57. The summed E-state index contributed by atoms with van der Waals surface area (Å²) in [6, 6.07) is 7.70. The van der Waals surface area contributed by atoms with Crippen LogP contribution in [0.3, 0.4) is 0 Å². The first kappa shape index (κ1) is 15.4. The number of nitrogens with zero attached hydrogens (tertiary/aromatic N) is 1. The van der Waals surface area contributed by atoms with Gasteiger partial charge in [0.2, 0.25) is 5.82 Å². The Balaban J connectivity index is 2.21. The third-order valence-corrected chi connectivity index (χ3v) is 4.31. The van der Waals surface area contributed by atoms with E-state index >= 15 is 0 Å². The molecule has 0 spiro atoms. The highest BCUT2D eigenvalue weighted by Gasteiger charge is 2.17. The second-order valence-corrected chi connectivity index (χ2v) is 5.46. The Morgan fingerprint density at radius 1 is 1.29 bits per heavy atom. The molecule has 0 aliphatic carbocycles. The molecular weight excluding hydrogens is 341 g/mol. The molecular formula is C15H13BrFNO3. The van der Waals surface area contributed by atoms with E-state index in [9.17, 15) is 14.5 Å². The van der Waals surface area contributed by atoms with Gasteiger partial charge < -0.3 is 4.74 Å². The normalized spacial score (nSPS) is 10.5. The fraction of sp³-hybridized carbons (Fsp3) is 0.200. The molecule has 0 saturated heterocycles. The summed E-state index contributed by atoms with van der Waals surface area (Å²) in [5.74, 6) is -0.257. The molecule has 0 saturated carbocycles. The van der Waals surface area contributed by atoms with Crippen molar-refractivity contribution in [3.05, 3.63) is 67.4 Å². The van der Waals surface area contributed by atoms with E-state index in [0.717, 1.165) is 21.7 Å². The average Bonchev–Trinajstić information content (AvgIpc) is 2.43. The van der Waals surface area contributed by atoms with Crippen molar-refractivity contribution in [2.24, 2.45) is 0 Å². The van der Waals surface area contributed by atoms with Gasteiger partial charge in [-0.25, -0.2) is 0 Å². The van der Waals surface area contributed by atoms with E-state index in [-0.39, 0.29) is 12.2 Å². The summed E-state index contributed by atoms with van der Waals surface area (Å²) in [6.45, 7) is 3.80. The lowest BCUT2D eigenvalue weighted by Gasteiger charge is -2.10. The first-order valence-corrected chi connectivity index (χ1v) is 7.00. The molecule has 0 radical (unpaired) electrons. The average molecular weight is 354 g/mol. The summed E-state index contributed by atoms with van der Waals surface area (Å²) in [5.41, 5.74) is 1.62. The van der Waals surface area contributed by atoms with Gasteiger partial charge in [-0.2, -0.15) is 4.39 Å². The van der Waals surface area contributed by atoms with Crippen molar-refractivity contribution in [1.29, 1.82) is 0 Å². The zero-order chi connectivity index (χ0) is 15.6. The maximum Gasteiger partial charge on any atom is 0.305 e. The molecule has 0 N–H and O–H groups in total. The molecule has 0 heterocycles. The molecule has 0 aliphatic rings. The van der Waals surface area contributed by atoms with E-state index in [4.69, 9.17) is 4.74 Å². The second kappa shape index (κ2) is 6.22. The van der Waals surface area contributed by atoms with Crippen LogP contribution < -0.4 is 4.74 Å². The van der Waals surface area contributed by atoms with Crippen molar-refractivity contribution in [1.82, 2.24) is 0 Å². The van der Waals surface area contributed by atoms with Crippen LogP contribution in [0.5, 0.6) is 5.75 Å². The van der Waals surface area contributed by atoms with E-state index in [2.05, 4.69) is 15.9 Å². The molecule has 0 amide bonds. The van der Waals surface area contributed by atoms with Crippen LogP contribution in [0.4, 0.5) is 10.1 Å². The Bertz CT molecular complexity index is 680. The monoisotopic (exact) mass is 353 g/mol. The maximum absolute atomic E-state index is 13.9. The smallest absolute Gasteiger partial charge is 0.305 e. The van der Waals surface area contributed by atoms with Gasteiger partial charge in [0.05, 0.1) is 4.92 Å². The molecule has 0 fully saturated rings. The number of aryl methyl sites for hydroxylation is 2. The largest absolute Gasteiger partial charge is 0.489 e. The molecule has 2 aromatic rings. The molecule has 4 nitrogen and oxygen atoms in total. The van der Waals surface area contributed by atoms with Gasteiger partial charge in [-0.3, -0.25) is 10.1 Å². The van der Waals surface area contributed by atoms with Gasteiger partial charge in [-0.15, -0.1) is 0 Å². The zero-order valence-corrected chi connectivity index (χ0v) is 13.1. The van der Waals surface area contributed by atoms with Gasteiger partial charge in [0.1, 0.15) is 12.4 Å². The van der Waals surface area contributed by atoms with Crippen LogP contribution in [0.15, 0.2) is 34.8 Å². The first-order chi connectivity index (χ1) is 9.90. The highest BCUT2D eigenvalue weighted by molar-refractivity contribution is 9.10. The first-order valence-electron chi connectivity index (χ1n) is 6.21. The zero-order valence-electron chi connectivity index (χ0n) is 11.5. The van der Waals surface area contributed by atoms with Crippen LogP contribution in [0.25, 0.3) is 0 Å². The van der Waals surface area contributed by atoms with Crippen LogP contribution in [-0.2, 0) is 6.61 Å². The number of halogens is 2.